The third-order valence-corrected chi connectivity index (χ3v) is 11.3. The summed E-state index contributed by atoms with van der Waals surface area (Å²) in [6.07, 6.45) is 3.90. The van der Waals surface area contributed by atoms with E-state index in [1.807, 2.05) is 36.4 Å². The van der Waals surface area contributed by atoms with E-state index in [-0.39, 0.29) is 49.8 Å². The zero-order valence-corrected chi connectivity index (χ0v) is 38.7. The fourth-order valence-corrected chi connectivity index (χ4v) is 7.32. The molecule has 2 heterocycles. The second kappa shape index (κ2) is 23.0. The molecule has 6 aromatic carbocycles. The molecule has 2 amide bonds. The molecule has 8 rings (SSSR count). The maximum absolute atomic E-state index is 12.8. The van der Waals surface area contributed by atoms with Crippen molar-refractivity contribution < 1.29 is 27.9 Å². The highest BCUT2D eigenvalue weighted by Crippen LogP contribution is 2.25. The highest BCUT2D eigenvalue weighted by atomic mass is 32.1. The molecule has 12 nitrogen and oxygen atoms in total. The van der Waals surface area contributed by atoms with E-state index < -0.39 is 0 Å². The molecule has 0 fully saturated rings. The number of para-hydroxylation sites is 1. The van der Waals surface area contributed by atoms with Crippen molar-refractivity contribution in [2.75, 3.05) is 23.8 Å². The van der Waals surface area contributed by atoms with Gasteiger partial charge in [0.15, 0.2) is 28.0 Å². The van der Waals surface area contributed by atoms with E-state index in [2.05, 4.69) is 41.8 Å². The van der Waals surface area contributed by atoms with E-state index >= 15 is 0 Å². The Morgan fingerprint density at radius 3 is 1.81 bits per heavy atom. The summed E-state index contributed by atoms with van der Waals surface area (Å²) < 4.78 is 22.9. The lowest BCUT2D eigenvalue weighted by Gasteiger charge is -2.13. The molecule has 68 heavy (non-hydrogen) atoms. The normalized spacial score (nSPS) is 11.2. The lowest BCUT2D eigenvalue weighted by molar-refractivity contribution is 0.101. The van der Waals surface area contributed by atoms with Crippen molar-refractivity contribution in [3.8, 4) is 11.5 Å². The van der Waals surface area contributed by atoms with Crippen LogP contribution in [0.25, 0.3) is 21.9 Å². The number of anilines is 2. The highest BCUT2D eigenvalue weighted by Gasteiger charge is 2.15. The van der Waals surface area contributed by atoms with Crippen molar-refractivity contribution in [2.45, 2.75) is 38.5 Å². The number of rotatable bonds is 17. The number of hydrogen-bond donors (Lipinski definition) is 4. The van der Waals surface area contributed by atoms with E-state index in [0.29, 0.717) is 69.5 Å². The number of unbranched alkanes of at least 4 members (excludes halogenated alkanes) is 1. The summed E-state index contributed by atoms with van der Waals surface area (Å²) in [7, 11) is 0. The minimum atomic E-state index is -0.342. The third-order valence-electron chi connectivity index (χ3n) is 10.9. The third kappa shape index (κ3) is 12.9. The van der Waals surface area contributed by atoms with Gasteiger partial charge < -0.3 is 40.4 Å². The summed E-state index contributed by atoms with van der Waals surface area (Å²) in [6, 6.07) is 46.8. The molecule has 1 atom stereocenters. The van der Waals surface area contributed by atoms with E-state index in [1.165, 1.54) is 23.3 Å². The molecule has 0 aliphatic heterocycles. The first-order valence-corrected chi connectivity index (χ1v) is 22.6. The van der Waals surface area contributed by atoms with Gasteiger partial charge in [-0.25, -0.2) is 0 Å². The summed E-state index contributed by atoms with van der Waals surface area (Å²) >= 11 is 9.78. The summed E-state index contributed by atoms with van der Waals surface area (Å²) in [6.45, 7) is 3.37. The Bertz CT molecular complexity index is 3180. The van der Waals surface area contributed by atoms with Gasteiger partial charge in [0, 0.05) is 28.9 Å². The van der Waals surface area contributed by atoms with Gasteiger partial charge in [0.25, 0.3) is 11.8 Å². The number of nitrogens with one attached hydrogen (secondary N) is 2. The zero-order valence-electron chi connectivity index (χ0n) is 37.1. The van der Waals surface area contributed by atoms with Gasteiger partial charge in [-0.05, 0) is 122 Å². The van der Waals surface area contributed by atoms with Gasteiger partial charge in [-0.2, -0.15) is 0 Å². The maximum Gasteiger partial charge on any atom is 0.255 e. The van der Waals surface area contributed by atoms with Crippen LogP contribution in [0.1, 0.15) is 75.5 Å². The van der Waals surface area contributed by atoms with Gasteiger partial charge >= 0.3 is 0 Å². The second-order valence-corrected chi connectivity index (χ2v) is 16.6. The van der Waals surface area contributed by atoms with Crippen LogP contribution in [0.4, 0.5) is 11.4 Å². The summed E-state index contributed by atoms with van der Waals surface area (Å²) in [5.41, 5.74) is 15.5. The van der Waals surface area contributed by atoms with Gasteiger partial charge in [-0.15, -0.1) is 0 Å². The molecule has 8 aromatic rings. The van der Waals surface area contributed by atoms with Crippen LogP contribution in [0.15, 0.2) is 176 Å². The number of ether oxygens (including phenoxy) is 2. The molecule has 0 saturated carbocycles. The molecule has 2 aromatic heterocycles. The van der Waals surface area contributed by atoms with Crippen LogP contribution in [0.5, 0.6) is 11.5 Å². The van der Waals surface area contributed by atoms with Crippen LogP contribution >= 0.6 is 24.4 Å². The molecule has 0 spiro atoms. The fraction of sp³-hybridized carbons (Fsp3) is 0.148. The SMILES string of the molecule is CC(CCOc1ccc(C(=O)Nc2ccc3oc(C(N)=S)cc(=O)c3c2)cc1)c1ccccc1.NC(=S)c1cc(=O)c2cccc(NC(=O)c3ccc(OCCCCc4ccccc4)cc3)c2o1. The first-order chi connectivity index (χ1) is 32.9. The van der Waals surface area contributed by atoms with Crippen LogP contribution in [-0.4, -0.2) is 35.0 Å². The average molecular weight is 945 g/mol. The first kappa shape index (κ1) is 48.0. The Morgan fingerprint density at radius 2 is 1.18 bits per heavy atom. The van der Waals surface area contributed by atoms with Gasteiger partial charge in [-0.1, -0.05) is 98.1 Å². The fourth-order valence-electron chi connectivity index (χ4n) is 7.12. The minimum Gasteiger partial charge on any atom is -0.494 e. The Kier molecular flexibility index (Phi) is 16.2. The van der Waals surface area contributed by atoms with Gasteiger partial charge in [-0.3, -0.25) is 19.2 Å². The van der Waals surface area contributed by atoms with E-state index in [1.54, 1.807) is 84.9 Å². The van der Waals surface area contributed by atoms with Gasteiger partial charge in [0.05, 0.1) is 29.7 Å². The monoisotopic (exact) mass is 944 g/mol. The van der Waals surface area contributed by atoms with Crippen molar-refractivity contribution in [3.63, 3.8) is 0 Å². The predicted octanol–water partition coefficient (Wildman–Crippen LogP) is 10.3. The number of aryl methyl sites for hydroxylation is 1. The van der Waals surface area contributed by atoms with Crippen molar-refractivity contribution in [2.24, 2.45) is 11.5 Å². The number of nitrogens with two attached hydrogens (primary N) is 2. The number of fused-ring (bicyclic) bond motifs is 2. The summed E-state index contributed by atoms with van der Waals surface area (Å²) in [5.74, 6) is 1.41. The topological polar surface area (TPSA) is 189 Å². The highest BCUT2D eigenvalue weighted by molar-refractivity contribution is 7.80. The molecule has 0 aliphatic carbocycles. The van der Waals surface area contributed by atoms with Crippen molar-refractivity contribution >= 4 is 79.5 Å². The molecule has 0 radical (unpaired) electrons. The molecule has 0 bridgehead atoms. The second-order valence-electron chi connectivity index (χ2n) is 15.8. The zero-order chi connectivity index (χ0) is 48.0. The number of amides is 2. The number of carbonyl (C=O) groups excluding carboxylic acids is 2. The number of hydrogen-bond acceptors (Lipinski definition) is 10. The lowest BCUT2D eigenvalue weighted by atomic mass is 9.98. The molecule has 1 unspecified atom stereocenters. The van der Waals surface area contributed by atoms with Crippen LogP contribution in [0, 0.1) is 0 Å². The Labute approximate surface area is 402 Å². The molecular formula is C54H48N4O8S2. The van der Waals surface area contributed by atoms with Crippen LogP contribution < -0.4 is 42.4 Å². The van der Waals surface area contributed by atoms with Crippen molar-refractivity contribution in [1.29, 1.82) is 0 Å². The molecule has 14 heteroatoms. The smallest absolute Gasteiger partial charge is 0.255 e. The quantitative estimate of drug-likeness (QED) is 0.0500. The molecular weight excluding hydrogens is 897 g/mol. The number of carbonyl (C=O) groups is 2. The average Bonchev–Trinajstić information content (AvgIpc) is 3.35. The van der Waals surface area contributed by atoms with Crippen LogP contribution in [0.3, 0.4) is 0 Å². The van der Waals surface area contributed by atoms with Crippen LogP contribution in [0.2, 0.25) is 0 Å². The molecule has 0 saturated heterocycles. The molecule has 344 valence electrons. The van der Waals surface area contributed by atoms with Crippen LogP contribution in [-0.2, 0) is 6.42 Å². The van der Waals surface area contributed by atoms with E-state index in [0.717, 1.165) is 25.7 Å². The Balaban J connectivity index is 0.000000201. The van der Waals surface area contributed by atoms with Crippen molar-refractivity contribution in [1.82, 2.24) is 0 Å². The lowest BCUT2D eigenvalue weighted by Crippen LogP contribution is -2.15. The molecule has 0 aliphatic rings. The summed E-state index contributed by atoms with van der Waals surface area (Å²) in [4.78, 5) is 50.1. The maximum atomic E-state index is 12.8. The number of thiocarbonyl (C=S) groups is 2. The largest absolute Gasteiger partial charge is 0.494 e. The van der Waals surface area contributed by atoms with E-state index in [9.17, 15) is 19.2 Å². The van der Waals surface area contributed by atoms with E-state index in [4.69, 9.17) is 54.2 Å². The Hall–Kier alpha value is -7.94. The Morgan fingerprint density at radius 1 is 0.603 bits per heavy atom. The minimum absolute atomic E-state index is 0.00881. The van der Waals surface area contributed by atoms with Gasteiger partial charge in [0.1, 0.15) is 27.1 Å². The van der Waals surface area contributed by atoms with Gasteiger partial charge in [0.2, 0.25) is 0 Å². The summed E-state index contributed by atoms with van der Waals surface area (Å²) in [5, 5.41) is 6.25. The number of benzene rings is 6. The molecule has 6 N–H and O–H groups in total. The standard InChI is InChI=1S/2C27H24N2O4S/c1-17(18-5-3-2-4-6-18)13-14-32-21-10-7-19(8-11-21)27(31)29-20-9-12-24-22(15-20)23(30)16-25(33-24)26(28)34;28-26(34)24-17-23(30)21-10-6-11-22(25(21)33-24)29-27(31)19-12-14-20(15-13-19)32-16-5-4-9-18-7-2-1-3-8-18/h2-12,15-17H,13-14H2,1H3,(H2,28,34)(H,29,31);1-3,6-8,10-15,17H,4-5,9,16H2,(H2,28,34)(H,29,31). The predicted molar refractivity (Wildman–Crippen MR) is 275 cm³/mol. The van der Waals surface area contributed by atoms with Crippen molar-refractivity contribution in [3.05, 3.63) is 212 Å². The first-order valence-electron chi connectivity index (χ1n) is 21.8.